The van der Waals surface area contributed by atoms with Crippen LogP contribution in [0.1, 0.15) is 30.7 Å². The molecule has 23 heavy (non-hydrogen) atoms. The molecule has 7 heteroatoms. The number of carbonyl (C=O) groups is 2. The highest BCUT2D eigenvalue weighted by Crippen LogP contribution is 2.38. The number of nitrogens with zero attached hydrogens (tertiary/aromatic N) is 1. The summed E-state index contributed by atoms with van der Waals surface area (Å²) in [7, 11) is 0. The minimum Gasteiger partial charge on any atom is -0.481 e. The van der Waals surface area contributed by atoms with Crippen LogP contribution in [0.25, 0.3) is 0 Å². The summed E-state index contributed by atoms with van der Waals surface area (Å²) in [5.41, 5.74) is 1.07. The number of likely N-dealkylation sites (tertiary alicyclic amines) is 1. The molecule has 0 spiro atoms. The Morgan fingerprint density at radius 2 is 2.09 bits per heavy atom. The van der Waals surface area contributed by atoms with Crippen LogP contribution in [0, 0.1) is 11.7 Å². The van der Waals surface area contributed by atoms with Gasteiger partial charge in [0.1, 0.15) is 5.82 Å². The van der Waals surface area contributed by atoms with Gasteiger partial charge >= 0.3 is 12.0 Å². The van der Waals surface area contributed by atoms with Gasteiger partial charge in [0, 0.05) is 19.1 Å². The molecular formula is C16H18BrFN2O3. The molecule has 2 fully saturated rings. The molecule has 2 N–H and O–H groups in total. The van der Waals surface area contributed by atoms with Gasteiger partial charge in [-0.1, -0.05) is 6.07 Å². The number of carbonyl (C=O) groups excluding carboxylic acids is 1. The highest BCUT2D eigenvalue weighted by atomic mass is 79.9. The monoisotopic (exact) mass is 384 g/mol. The minimum absolute atomic E-state index is 0.0974. The van der Waals surface area contributed by atoms with Gasteiger partial charge in [0.15, 0.2) is 0 Å². The summed E-state index contributed by atoms with van der Waals surface area (Å²) >= 11 is 3.19. The number of aliphatic carboxylic acids is 1. The third-order valence-corrected chi connectivity index (χ3v) is 5.31. The van der Waals surface area contributed by atoms with E-state index in [4.69, 9.17) is 5.11 Å². The van der Waals surface area contributed by atoms with Crippen molar-refractivity contribution < 1.29 is 19.1 Å². The Morgan fingerprint density at radius 1 is 1.35 bits per heavy atom. The lowest BCUT2D eigenvalue weighted by Gasteiger charge is -2.37. The van der Waals surface area contributed by atoms with Gasteiger partial charge in [0.05, 0.1) is 10.4 Å². The van der Waals surface area contributed by atoms with Crippen LogP contribution >= 0.6 is 15.9 Å². The topological polar surface area (TPSA) is 69.6 Å². The number of benzene rings is 1. The van der Waals surface area contributed by atoms with Crippen LogP contribution in [0.3, 0.4) is 0 Å². The van der Waals surface area contributed by atoms with Gasteiger partial charge < -0.3 is 15.3 Å². The Morgan fingerprint density at radius 3 is 2.70 bits per heavy atom. The number of carboxylic acid groups (broad SMARTS) is 1. The number of halogens is 2. The number of urea groups is 1. The maximum absolute atomic E-state index is 13.2. The molecule has 0 aromatic heterocycles. The highest BCUT2D eigenvalue weighted by molar-refractivity contribution is 9.10. The van der Waals surface area contributed by atoms with E-state index in [9.17, 15) is 14.0 Å². The summed E-state index contributed by atoms with van der Waals surface area (Å²) in [4.78, 5) is 24.6. The fraction of sp³-hybridized carbons (Fsp3) is 0.500. The van der Waals surface area contributed by atoms with Gasteiger partial charge in [-0.2, -0.15) is 0 Å². The van der Waals surface area contributed by atoms with Crippen LogP contribution < -0.4 is 5.32 Å². The number of carboxylic acids is 1. The van der Waals surface area contributed by atoms with E-state index in [0.29, 0.717) is 23.4 Å². The Kier molecular flexibility index (Phi) is 4.57. The van der Waals surface area contributed by atoms with Crippen molar-refractivity contribution in [3.63, 3.8) is 0 Å². The normalized spacial score (nSPS) is 26.7. The zero-order valence-corrected chi connectivity index (χ0v) is 14.1. The number of hydrogen-bond donors (Lipinski definition) is 2. The minimum atomic E-state index is -0.842. The second-order valence-corrected chi connectivity index (χ2v) is 7.11. The van der Waals surface area contributed by atoms with Crippen LogP contribution in [0.5, 0.6) is 0 Å². The predicted octanol–water partition coefficient (Wildman–Crippen LogP) is 2.95. The first-order chi connectivity index (χ1) is 10.9. The molecule has 1 heterocycles. The van der Waals surface area contributed by atoms with Crippen molar-refractivity contribution in [2.75, 3.05) is 13.1 Å². The van der Waals surface area contributed by atoms with Gasteiger partial charge in [-0.05, 0) is 58.8 Å². The fourth-order valence-corrected chi connectivity index (χ4v) is 3.58. The van der Waals surface area contributed by atoms with Crippen LogP contribution in [-0.4, -0.2) is 41.1 Å². The molecule has 1 aliphatic carbocycles. The van der Waals surface area contributed by atoms with E-state index < -0.39 is 11.9 Å². The fourth-order valence-electron chi connectivity index (χ4n) is 3.19. The van der Waals surface area contributed by atoms with Crippen molar-refractivity contribution in [2.24, 2.45) is 5.92 Å². The molecule has 5 nitrogen and oxygen atoms in total. The summed E-state index contributed by atoms with van der Waals surface area (Å²) < 4.78 is 13.7. The first-order valence-electron chi connectivity index (χ1n) is 7.67. The third-order valence-electron chi connectivity index (χ3n) is 4.71. The van der Waals surface area contributed by atoms with E-state index in [1.165, 1.54) is 6.07 Å². The van der Waals surface area contributed by atoms with Gasteiger partial charge in [0.2, 0.25) is 0 Å². The molecule has 1 unspecified atom stereocenters. The van der Waals surface area contributed by atoms with Gasteiger partial charge in [-0.3, -0.25) is 4.79 Å². The summed E-state index contributed by atoms with van der Waals surface area (Å²) in [6.45, 7) is 0.770. The average Bonchev–Trinajstić information content (AvgIpc) is 2.95. The van der Waals surface area contributed by atoms with Crippen molar-refractivity contribution in [3.05, 3.63) is 34.1 Å². The van der Waals surface area contributed by atoms with Crippen molar-refractivity contribution >= 4 is 27.9 Å². The molecule has 1 aliphatic heterocycles. The molecule has 1 aromatic carbocycles. The van der Waals surface area contributed by atoms with Crippen LogP contribution in [-0.2, 0) is 4.79 Å². The average molecular weight is 385 g/mol. The molecule has 1 saturated heterocycles. The molecule has 2 amide bonds. The lowest BCUT2D eigenvalue weighted by molar-refractivity contribution is -0.141. The molecule has 0 bridgehead atoms. The zero-order valence-electron chi connectivity index (χ0n) is 12.5. The second-order valence-electron chi connectivity index (χ2n) is 6.26. The van der Waals surface area contributed by atoms with Crippen LogP contribution in [0.4, 0.5) is 9.18 Å². The second kappa shape index (κ2) is 6.47. The largest absolute Gasteiger partial charge is 0.481 e. The Bertz CT molecular complexity index is 634. The third kappa shape index (κ3) is 3.49. The van der Waals surface area contributed by atoms with Crippen molar-refractivity contribution in [1.82, 2.24) is 10.2 Å². The first-order valence-corrected chi connectivity index (χ1v) is 8.46. The smallest absolute Gasteiger partial charge is 0.317 e. The number of rotatable bonds is 3. The number of nitrogens with one attached hydrogen (secondary N) is 1. The van der Waals surface area contributed by atoms with E-state index in [1.807, 2.05) is 0 Å². The van der Waals surface area contributed by atoms with Gasteiger partial charge in [-0.15, -0.1) is 0 Å². The molecule has 124 valence electrons. The van der Waals surface area contributed by atoms with Crippen molar-refractivity contribution in [2.45, 2.75) is 31.2 Å². The van der Waals surface area contributed by atoms with Crippen molar-refractivity contribution in [3.8, 4) is 0 Å². The Hall–Kier alpha value is -1.63. The van der Waals surface area contributed by atoms with E-state index in [-0.39, 0.29) is 24.4 Å². The lowest BCUT2D eigenvalue weighted by Crippen LogP contribution is -2.48. The van der Waals surface area contributed by atoms with E-state index in [2.05, 4.69) is 21.2 Å². The summed E-state index contributed by atoms with van der Waals surface area (Å²) in [5, 5.41) is 11.9. The predicted molar refractivity (Wildman–Crippen MR) is 85.7 cm³/mol. The number of hydrogen-bond acceptors (Lipinski definition) is 2. The number of amides is 2. The standard InChI is InChI=1S/C16H18BrFN2O3/c17-13-7-9(1-2-14(13)18)11-5-12(6-11)19-16(23)20-4-3-10(8-20)15(21)22/h1-2,7,10-12H,3-6,8H2,(H,19,23)(H,21,22). The zero-order chi connectivity index (χ0) is 16.6. The maximum Gasteiger partial charge on any atom is 0.317 e. The van der Waals surface area contributed by atoms with Crippen molar-refractivity contribution in [1.29, 1.82) is 0 Å². The summed E-state index contributed by atoms with van der Waals surface area (Å²) in [5.74, 6) is -1.25. The van der Waals surface area contributed by atoms with E-state index >= 15 is 0 Å². The van der Waals surface area contributed by atoms with Crippen LogP contribution in [0.15, 0.2) is 22.7 Å². The van der Waals surface area contributed by atoms with E-state index in [1.54, 1.807) is 17.0 Å². The molecular weight excluding hydrogens is 367 g/mol. The molecule has 1 aromatic rings. The van der Waals surface area contributed by atoms with Crippen LogP contribution in [0.2, 0.25) is 0 Å². The SMILES string of the molecule is O=C(O)C1CCN(C(=O)NC2CC(c3ccc(F)c(Br)c3)C2)C1. The first kappa shape index (κ1) is 16.2. The Labute approximate surface area is 142 Å². The van der Waals surface area contributed by atoms with E-state index in [0.717, 1.165) is 18.4 Å². The van der Waals surface area contributed by atoms with Gasteiger partial charge in [-0.25, -0.2) is 9.18 Å². The molecule has 1 atom stereocenters. The quantitative estimate of drug-likeness (QED) is 0.841. The summed E-state index contributed by atoms with van der Waals surface area (Å²) in [6, 6.07) is 4.93. The van der Waals surface area contributed by atoms with Gasteiger partial charge in [0.25, 0.3) is 0 Å². The highest BCUT2D eigenvalue weighted by Gasteiger charge is 2.35. The lowest BCUT2D eigenvalue weighted by atomic mass is 9.76. The summed E-state index contributed by atoms with van der Waals surface area (Å²) in [6.07, 6.45) is 2.15. The Balaban J connectivity index is 1.47. The molecule has 1 saturated carbocycles. The maximum atomic E-state index is 13.2. The molecule has 0 radical (unpaired) electrons. The molecule has 3 rings (SSSR count). The molecule has 2 aliphatic rings.